The number of hydrogen-bond donors (Lipinski definition) is 1. The highest BCUT2D eigenvalue weighted by Gasteiger charge is 2.28. The first kappa shape index (κ1) is 20.3. The molecule has 0 bridgehead atoms. The molecule has 1 heterocycles. The van der Waals surface area contributed by atoms with Crippen LogP contribution in [0.3, 0.4) is 0 Å². The molecule has 1 saturated heterocycles. The van der Waals surface area contributed by atoms with Gasteiger partial charge in [-0.05, 0) is 43.7 Å². The number of nitriles is 1. The third-order valence-electron chi connectivity index (χ3n) is 5.44. The summed E-state index contributed by atoms with van der Waals surface area (Å²) < 4.78 is 0. The molecule has 146 valence electrons. The molecule has 2 aromatic rings. The Balaban J connectivity index is 1.56. The van der Waals surface area contributed by atoms with Crippen LogP contribution in [0.1, 0.15) is 31.0 Å². The molecule has 2 aromatic carbocycles. The fourth-order valence-corrected chi connectivity index (χ4v) is 3.90. The van der Waals surface area contributed by atoms with Crippen LogP contribution in [0.5, 0.6) is 0 Å². The predicted octanol–water partition coefficient (Wildman–Crippen LogP) is 3.92. The normalized spacial score (nSPS) is 17.5. The standard InChI is InChI=1S/C22H25ClN4O/c1-16(20-8-3-4-9-21(20)23)26-10-12-27(13-11-26)17(2)22(28)25-19-7-5-6-18(14-19)15-24/h3-9,14,16-17H,10-13H2,1-2H3,(H,25,28). The van der Waals surface area contributed by atoms with Crippen LogP contribution in [0.4, 0.5) is 5.69 Å². The van der Waals surface area contributed by atoms with Gasteiger partial charge in [0.2, 0.25) is 5.91 Å². The Morgan fingerprint density at radius 1 is 1.07 bits per heavy atom. The van der Waals surface area contributed by atoms with E-state index in [9.17, 15) is 4.79 Å². The van der Waals surface area contributed by atoms with Crippen molar-refractivity contribution in [3.05, 3.63) is 64.7 Å². The van der Waals surface area contributed by atoms with Gasteiger partial charge in [-0.2, -0.15) is 5.26 Å². The van der Waals surface area contributed by atoms with Crippen molar-refractivity contribution >= 4 is 23.2 Å². The van der Waals surface area contributed by atoms with Crippen molar-refractivity contribution in [3.63, 3.8) is 0 Å². The quantitative estimate of drug-likeness (QED) is 0.832. The molecule has 0 spiro atoms. The average Bonchev–Trinajstić information content (AvgIpc) is 2.73. The number of amides is 1. The molecule has 1 aliphatic heterocycles. The number of benzene rings is 2. The molecular formula is C22H25ClN4O. The van der Waals surface area contributed by atoms with E-state index in [-0.39, 0.29) is 18.0 Å². The van der Waals surface area contributed by atoms with Gasteiger partial charge < -0.3 is 5.32 Å². The van der Waals surface area contributed by atoms with E-state index >= 15 is 0 Å². The second-order valence-electron chi connectivity index (χ2n) is 7.13. The van der Waals surface area contributed by atoms with E-state index in [0.29, 0.717) is 11.3 Å². The molecule has 3 rings (SSSR count). The highest BCUT2D eigenvalue weighted by Crippen LogP contribution is 2.28. The molecule has 6 heteroatoms. The Morgan fingerprint density at radius 3 is 2.43 bits per heavy atom. The number of halogens is 1. The topological polar surface area (TPSA) is 59.4 Å². The molecule has 1 amide bonds. The summed E-state index contributed by atoms with van der Waals surface area (Å²) in [6.45, 7) is 7.51. The summed E-state index contributed by atoms with van der Waals surface area (Å²) >= 11 is 6.35. The van der Waals surface area contributed by atoms with E-state index < -0.39 is 0 Å². The zero-order valence-corrected chi connectivity index (χ0v) is 17.0. The smallest absolute Gasteiger partial charge is 0.241 e. The number of anilines is 1. The van der Waals surface area contributed by atoms with Crippen molar-refractivity contribution in [1.82, 2.24) is 9.80 Å². The second-order valence-corrected chi connectivity index (χ2v) is 7.53. The van der Waals surface area contributed by atoms with Crippen molar-refractivity contribution in [2.75, 3.05) is 31.5 Å². The molecule has 0 radical (unpaired) electrons. The molecule has 1 fully saturated rings. The van der Waals surface area contributed by atoms with Crippen LogP contribution in [0.15, 0.2) is 48.5 Å². The van der Waals surface area contributed by atoms with Crippen LogP contribution >= 0.6 is 11.6 Å². The fourth-order valence-electron chi connectivity index (χ4n) is 3.60. The first-order chi connectivity index (χ1) is 13.5. The molecule has 28 heavy (non-hydrogen) atoms. The summed E-state index contributed by atoms with van der Waals surface area (Å²) in [4.78, 5) is 17.2. The molecule has 1 N–H and O–H groups in total. The lowest BCUT2D eigenvalue weighted by Crippen LogP contribution is -2.53. The van der Waals surface area contributed by atoms with Crippen LogP contribution in [0.25, 0.3) is 0 Å². The van der Waals surface area contributed by atoms with Gasteiger partial charge in [0.05, 0.1) is 17.7 Å². The molecule has 2 atom stereocenters. The van der Waals surface area contributed by atoms with Crippen molar-refractivity contribution in [2.24, 2.45) is 0 Å². The summed E-state index contributed by atoms with van der Waals surface area (Å²) in [5.74, 6) is -0.0531. The Kier molecular flexibility index (Phi) is 6.69. The third-order valence-corrected chi connectivity index (χ3v) is 5.78. The van der Waals surface area contributed by atoms with Gasteiger partial charge in [-0.15, -0.1) is 0 Å². The minimum Gasteiger partial charge on any atom is -0.325 e. The Bertz CT molecular complexity index is 871. The Hall–Kier alpha value is -2.39. The van der Waals surface area contributed by atoms with Gasteiger partial charge in [0, 0.05) is 42.9 Å². The van der Waals surface area contributed by atoms with Gasteiger partial charge in [-0.25, -0.2) is 0 Å². The fraction of sp³-hybridized carbons (Fsp3) is 0.364. The maximum absolute atomic E-state index is 12.6. The first-order valence-corrected chi connectivity index (χ1v) is 9.91. The average molecular weight is 397 g/mol. The molecule has 5 nitrogen and oxygen atoms in total. The van der Waals surface area contributed by atoms with Crippen LogP contribution in [0.2, 0.25) is 5.02 Å². The maximum Gasteiger partial charge on any atom is 0.241 e. The first-order valence-electron chi connectivity index (χ1n) is 9.53. The lowest BCUT2D eigenvalue weighted by atomic mass is 10.1. The number of carbonyl (C=O) groups is 1. The van der Waals surface area contributed by atoms with E-state index in [1.165, 1.54) is 0 Å². The molecule has 2 unspecified atom stereocenters. The van der Waals surface area contributed by atoms with Crippen LogP contribution in [0, 0.1) is 11.3 Å². The van der Waals surface area contributed by atoms with Gasteiger partial charge in [0.15, 0.2) is 0 Å². The number of hydrogen-bond acceptors (Lipinski definition) is 4. The molecule has 1 aliphatic rings. The van der Waals surface area contributed by atoms with E-state index in [0.717, 1.165) is 36.8 Å². The molecule has 0 saturated carbocycles. The summed E-state index contributed by atoms with van der Waals surface area (Å²) in [6.07, 6.45) is 0. The van der Waals surface area contributed by atoms with E-state index in [4.69, 9.17) is 16.9 Å². The summed E-state index contributed by atoms with van der Waals surface area (Å²) in [5, 5.41) is 12.7. The number of carbonyl (C=O) groups excluding carboxylic acids is 1. The monoisotopic (exact) mass is 396 g/mol. The van der Waals surface area contributed by atoms with Gasteiger partial charge in [0.1, 0.15) is 0 Å². The van der Waals surface area contributed by atoms with E-state index in [2.05, 4.69) is 34.2 Å². The summed E-state index contributed by atoms with van der Waals surface area (Å²) in [6, 6.07) is 17.0. The molecule has 0 aliphatic carbocycles. The van der Waals surface area contributed by atoms with Gasteiger partial charge in [-0.1, -0.05) is 35.9 Å². The zero-order chi connectivity index (χ0) is 20.1. The van der Waals surface area contributed by atoms with Crippen LogP contribution in [-0.2, 0) is 4.79 Å². The van der Waals surface area contributed by atoms with Crippen molar-refractivity contribution < 1.29 is 4.79 Å². The third kappa shape index (κ3) is 4.71. The SMILES string of the molecule is CC(C(=O)Nc1cccc(C#N)c1)N1CCN(C(C)c2ccccc2Cl)CC1. The Labute approximate surface area is 171 Å². The van der Waals surface area contributed by atoms with Crippen LogP contribution < -0.4 is 5.32 Å². The van der Waals surface area contributed by atoms with Gasteiger partial charge in [0.25, 0.3) is 0 Å². The van der Waals surface area contributed by atoms with Gasteiger partial charge >= 0.3 is 0 Å². The Morgan fingerprint density at radius 2 is 1.75 bits per heavy atom. The minimum atomic E-state index is -0.233. The molecule has 0 aromatic heterocycles. The number of rotatable bonds is 5. The van der Waals surface area contributed by atoms with Crippen molar-refractivity contribution in [1.29, 1.82) is 5.26 Å². The number of nitrogens with one attached hydrogen (secondary N) is 1. The maximum atomic E-state index is 12.6. The van der Waals surface area contributed by atoms with E-state index in [1.807, 2.05) is 25.1 Å². The minimum absolute atomic E-state index is 0.0531. The summed E-state index contributed by atoms with van der Waals surface area (Å²) in [5.41, 5.74) is 2.33. The number of nitrogens with zero attached hydrogens (tertiary/aromatic N) is 3. The number of piperazine rings is 1. The van der Waals surface area contributed by atoms with Gasteiger partial charge in [-0.3, -0.25) is 14.6 Å². The van der Waals surface area contributed by atoms with Crippen LogP contribution in [-0.4, -0.2) is 47.9 Å². The highest BCUT2D eigenvalue weighted by molar-refractivity contribution is 6.31. The zero-order valence-electron chi connectivity index (χ0n) is 16.2. The largest absolute Gasteiger partial charge is 0.325 e. The van der Waals surface area contributed by atoms with Crippen molar-refractivity contribution in [3.8, 4) is 6.07 Å². The highest BCUT2D eigenvalue weighted by atomic mass is 35.5. The predicted molar refractivity (Wildman–Crippen MR) is 112 cm³/mol. The lowest BCUT2D eigenvalue weighted by molar-refractivity contribution is -0.121. The molecular weight excluding hydrogens is 372 g/mol. The van der Waals surface area contributed by atoms with E-state index in [1.54, 1.807) is 24.3 Å². The van der Waals surface area contributed by atoms with Crippen molar-refractivity contribution in [2.45, 2.75) is 25.9 Å². The second kappa shape index (κ2) is 9.20. The lowest BCUT2D eigenvalue weighted by Gasteiger charge is -2.40. The summed E-state index contributed by atoms with van der Waals surface area (Å²) in [7, 11) is 0.